The van der Waals surface area contributed by atoms with Crippen LogP contribution in [0.1, 0.15) is 184 Å². The highest BCUT2D eigenvalue weighted by Crippen LogP contribution is 2.31. The van der Waals surface area contributed by atoms with Gasteiger partial charge < -0.3 is 24.1 Å². The molecule has 1 unspecified atom stereocenters. The minimum absolute atomic E-state index is 0.595. The Morgan fingerprint density at radius 3 is 1.46 bits per heavy atom. The summed E-state index contributed by atoms with van der Waals surface area (Å²) in [6.07, 6.45) is 29.5. The van der Waals surface area contributed by atoms with Crippen molar-refractivity contribution in [3.8, 4) is 12.0 Å². The first-order chi connectivity index (χ1) is 25.8. The van der Waals surface area contributed by atoms with Gasteiger partial charge in [0.05, 0.1) is 17.3 Å². The van der Waals surface area contributed by atoms with E-state index in [9.17, 15) is 10.2 Å². The lowest BCUT2D eigenvalue weighted by atomic mass is 9.82. The minimum atomic E-state index is -1.11. The summed E-state index contributed by atoms with van der Waals surface area (Å²) >= 11 is 0. The van der Waals surface area contributed by atoms with Crippen molar-refractivity contribution in [1.29, 1.82) is 0 Å². The zero-order chi connectivity index (χ0) is 39.5. The topological polar surface area (TPSA) is 63.9 Å². The zero-order valence-corrected chi connectivity index (χ0v) is 35.7. The van der Waals surface area contributed by atoms with Gasteiger partial charge in [0.15, 0.2) is 0 Å². The molecule has 0 saturated carbocycles. The van der Waals surface area contributed by atoms with E-state index in [1.165, 1.54) is 150 Å². The number of hydrogen-bond donors (Lipinski definition) is 2. The molecular formula is C47H75B2NO4. The third-order valence-electron chi connectivity index (χ3n) is 11.4. The van der Waals surface area contributed by atoms with Crippen molar-refractivity contribution in [1.82, 2.24) is 4.57 Å². The Hall–Kier alpha value is -2.39. The third-order valence-corrected chi connectivity index (χ3v) is 11.4. The Bertz CT molecular complexity index is 1560. The van der Waals surface area contributed by atoms with Crippen LogP contribution in [0, 0.1) is 17.9 Å². The number of hydrogen-bond acceptors (Lipinski definition) is 4. The fraction of sp³-hybridized carbons (Fsp3) is 0.702. The van der Waals surface area contributed by atoms with E-state index in [-0.39, 0.29) is 0 Å². The van der Waals surface area contributed by atoms with E-state index < -0.39 is 16.8 Å². The second-order valence-electron chi connectivity index (χ2n) is 17.6. The predicted molar refractivity (Wildman–Crippen MR) is 234 cm³/mol. The van der Waals surface area contributed by atoms with E-state index in [1.807, 2.05) is 13.8 Å². The van der Waals surface area contributed by atoms with Gasteiger partial charge in [-0.3, -0.25) is 0 Å². The number of benzene rings is 2. The summed E-state index contributed by atoms with van der Waals surface area (Å²) in [4.78, 5) is 0. The molecule has 0 spiro atoms. The Labute approximate surface area is 332 Å². The molecule has 1 atom stereocenters. The minimum Gasteiger partial charge on any atom is -0.514 e. The lowest BCUT2D eigenvalue weighted by molar-refractivity contribution is -0.0893. The molecule has 0 bridgehead atoms. The summed E-state index contributed by atoms with van der Waals surface area (Å²) in [6.45, 7) is 16.3. The standard InChI is InChI=1S/C47H75B2NO4/c1-9-11-13-15-17-19-20-22-24-26-28-38(27-25-23-21-18-16-14-12-10-2)37-50-43-35-39(48-53-34-33-45(3,4)51)29-31-41(43)42-32-30-40(36-44(42)50)49-54-47(7,8)46(5,6)52/h29-32,35-36,38,51-52H,9-28,37H2,1-8H3. The predicted octanol–water partition coefficient (Wildman–Crippen LogP) is 11.1. The molecule has 2 N–H and O–H groups in total. The van der Waals surface area contributed by atoms with Crippen molar-refractivity contribution in [2.75, 3.05) is 0 Å². The maximum absolute atomic E-state index is 10.7. The van der Waals surface area contributed by atoms with Gasteiger partial charge in [0.2, 0.25) is 0 Å². The number of rotatable bonds is 28. The quantitative estimate of drug-likeness (QED) is 0.0442. The number of aliphatic hydroxyl groups is 2. The van der Waals surface area contributed by atoms with Gasteiger partial charge in [-0.05, 0) is 83.8 Å². The maximum Gasteiger partial charge on any atom is 0.423 e. The number of nitrogens with zero attached hydrogens (tertiary/aromatic N) is 1. The summed E-state index contributed by atoms with van der Waals surface area (Å²) in [5.41, 5.74) is 1.46. The first kappa shape index (κ1) is 46.0. The van der Waals surface area contributed by atoms with Crippen LogP contribution in [0.25, 0.3) is 21.8 Å². The molecule has 1 aromatic heterocycles. The third kappa shape index (κ3) is 16.4. The van der Waals surface area contributed by atoms with Crippen LogP contribution in [0.15, 0.2) is 36.4 Å². The first-order valence-corrected chi connectivity index (χ1v) is 21.8. The van der Waals surface area contributed by atoms with Crippen molar-refractivity contribution >= 4 is 47.7 Å². The average molecular weight is 740 g/mol. The largest absolute Gasteiger partial charge is 0.514 e. The number of aromatic nitrogens is 1. The highest BCUT2D eigenvalue weighted by molar-refractivity contribution is 6.48. The molecule has 0 saturated heterocycles. The van der Waals surface area contributed by atoms with Crippen molar-refractivity contribution in [2.24, 2.45) is 5.92 Å². The van der Waals surface area contributed by atoms with Crippen molar-refractivity contribution in [3.63, 3.8) is 0 Å². The van der Waals surface area contributed by atoms with Crippen LogP contribution in [0.3, 0.4) is 0 Å². The summed E-state index contributed by atoms with van der Waals surface area (Å²) in [6, 6.07) is 13.1. The Balaban J connectivity index is 1.85. The smallest absolute Gasteiger partial charge is 0.423 e. The molecule has 5 nitrogen and oxygen atoms in total. The molecule has 2 aromatic carbocycles. The van der Waals surface area contributed by atoms with E-state index in [0.717, 1.165) is 17.5 Å². The molecule has 298 valence electrons. The number of fused-ring (bicyclic) bond motifs is 3. The van der Waals surface area contributed by atoms with Crippen LogP contribution in [0.5, 0.6) is 0 Å². The van der Waals surface area contributed by atoms with Crippen molar-refractivity contribution in [2.45, 2.75) is 207 Å². The normalized spacial score (nSPS) is 12.9. The van der Waals surface area contributed by atoms with Crippen LogP contribution < -0.4 is 10.9 Å². The maximum atomic E-state index is 10.7. The molecule has 0 aliphatic heterocycles. The van der Waals surface area contributed by atoms with Crippen LogP contribution in [0.4, 0.5) is 0 Å². The molecule has 1 heterocycles. The fourth-order valence-electron chi connectivity index (χ4n) is 7.16. The summed E-state index contributed by atoms with van der Waals surface area (Å²) < 4.78 is 14.3. The van der Waals surface area contributed by atoms with Crippen molar-refractivity contribution in [3.05, 3.63) is 36.4 Å². The lowest BCUT2D eigenvalue weighted by Gasteiger charge is -2.37. The molecule has 7 heteroatoms. The SMILES string of the molecule is CCCCCCCCCCCCC(CCCCCCCCCC)Cn1c2cc([B]OC#CC(C)(C)O)ccc2c2ccc([B]OC(C)(C)C(C)(C)O)cc21. The molecular weight excluding hydrogens is 664 g/mol. The molecule has 54 heavy (non-hydrogen) atoms. The van der Waals surface area contributed by atoms with Crippen LogP contribution in [0.2, 0.25) is 0 Å². The second kappa shape index (κ2) is 23.6. The molecule has 3 rings (SSSR count). The van der Waals surface area contributed by atoms with Gasteiger partial charge in [-0.15, -0.1) is 0 Å². The molecule has 2 radical (unpaired) electrons. The molecule has 0 amide bonds. The molecule has 0 aliphatic carbocycles. The monoisotopic (exact) mass is 740 g/mol. The Kier molecular flexibility index (Phi) is 20.1. The van der Waals surface area contributed by atoms with Gasteiger partial charge in [-0.2, -0.15) is 0 Å². The van der Waals surface area contributed by atoms with Gasteiger partial charge >= 0.3 is 15.0 Å². The highest BCUT2D eigenvalue weighted by Gasteiger charge is 2.35. The zero-order valence-electron chi connectivity index (χ0n) is 35.7. The fourth-order valence-corrected chi connectivity index (χ4v) is 7.16. The average Bonchev–Trinajstić information content (AvgIpc) is 3.41. The molecule has 3 aromatic rings. The van der Waals surface area contributed by atoms with E-state index in [2.05, 4.69) is 66.8 Å². The Morgan fingerprint density at radius 1 is 0.611 bits per heavy atom. The second-order valence-corrected chi connectivity index (χ2v) is 17.6. The highest BCUT2D eigenvalue weighted by atomic mass is 16.5. The van der Waals surface area contributed by atoms with Crippen LogP contribution in [-0.2, 0) is 15.9 Å². The molecule has 0 fully saturated rings. The summed E-state index contributed by atoms with van der Waals surface area (Å²) in [5, 5.41) is 23.2. The van der Waals surface area contributed by atoms with Gasteiger partial charge in [0.25, 0.3) is 0 Å². The van der Waals surface area contributed by atoms with E-state index >= 15 is 0 Å². The van der Waals surface area contributed by atoms with Gasteiger partial charge in [-0.1, -0.05) is 159 Å². The van der Waals surface area contributed by atoms with E-state index in [0.29, 0.717) is 5.92 Å². The van der Waals surface area contributed by atoms with Gasteiger partial charge in [0.1, 0.15) is 5.60 Å². The summed E-state index contributed by atoms with van der Waals surface area (Å²) in [5.74, 6) is 3.32. The van der Waals surface area contributed by atoms with Gasteiger partial charge in [-0.25, -0.2) is 0 Å². The van der Waals surface area contributed by atoms with Crippen molar-refractivity contribution < 1.29 is 19.5 Å². The van der Waals surface area contributed by atoms with Crippen LogP contribution in [-0.4, -0.2) is 46.5 Å². The van der Waals surface area contributed by atoms with Crippen LogP contribution >= 0.6 is 0 Å². The lowest BCUT2D eigenvalue weighted by Crippen LogP contribution is -2.49. The molecule has 0 aliphatic rings. The van der Waals surface area contributed by atoms with E-state index in [4.69, 9.17) is 9.31 Å². The Morgan fingerprint density at radius 2 is 1.04 bits per heavy atom. The summed E-state index contributed by atoms with van der Waals surface area (Å²) in [7, 11) is 3.48. The first-order valence-electron chi connectivity index (χ1n) is 21.8. The number of unbranched alkanes of at least 4 members (excludes halogenated alkanes) is 16. The van der Waals surface area contributed by atoms with E-state index in [1.54, 1.807) is 42.7 Å². The van der Waals surface area contributed by atoms with Gasteiger partial charge in [0, 0.05) is 28.4 Å².